The molecule has 0 radical (unpaired) electrons. The van der Waals surface area contributed by atoms with Crippen LogP contribution in [0.25, 0.3) is 0 Å². The van der Waals surface area contributed by atoms with Crippen LogP contribution in [0.1, 0.15) is 50.4 Å². The number of hydrogen-bond acceptors (Lipinski definition) is 4. The van der Waals surface area contributed by atoms with Crippen LogP contribution < -0.4 is 0 Å². The van der Waals surface area contributed by atoms with Crippen molar-refractivity contribution in [1.82, 2.24) is 0 Å². The molecule has 0 N–H and O–H groups in total. The number of hydrogen-bond donors (Lipinski definition) is 0. The van der Waals surface area contributed by atoms with Gasteiger partial charge in [-0.3, -0.25) is 0 Å². The predicted molar refractivity (Wildman–Crippen MR) is 92.9 cm³/mol. The van der Waals surface area contributed by atoms with Gasteiger partial charge in [0, 0.05) is 0 Å². The molecule has 1 fully saturated rings. The summed E-state index contributed by atoms with van der Waals surface area (Å²) in [6.07, 6.45) is 2.65. The molecule has 1 aromatic carbocycles. The smallest absolute Gasteiger partial charge is 0.344 e. The van der Waals surface area contributed by atoms with Gasteiger partial charge in [0.25, 0.3) is 0 Å². The Morgan fingerprint density at radius 1 is 1.23 bits per heavy atom. The van der Waals surface area contributed by atoms with Crippen molar-refractivity contribution in [2.45, 2.75) is 46.1 Å². The van der Waals surface area contributed by atoms with E-state index in [2.05, 4.69) is 20.8 Å². The minimum Gasteiger partial charge on any atom is -0.460 e. The zero-order chi connectivity index (χ0) is 19.4. The largest absolute Gasteiger partial charge is 0.460 e. The van der Waals surface area contributed by atoms with Crippen LogP contribution >= 0.6 is 11.6 Å². The summed E-state index contributed by atoms with van der Waals surface area (Å²) in [4.78, 5) is 24.0. The first kappa shape index (κ1) is 20.6. The number of benzene rings is 1. The SMILES string of the molecule is CC(C)[C@@H]1CC[C@@H](C)C[C@H]1OC(=O)COC(=O)c1cc(F)c(F)cc1Cl. The molecule has 0 heterocycles. The highest BCUT2D eigenvalue weighted by molar-refractivity contribution is 6.33. The van der Waals surface area contributed by atoms with Crippen LogP contribution in [0.15, 0.2) is 12.1 Å². The van der Waals surface area contributed by atoms with E-state index in [0.717, 1.165) is 19.3 Å². The third-order valence-electron chi connectivity index (χ3n) is 4.80. The molecule has 2 rings (SSSR count). The summed E-state index contributed by atoms with van der Waals surface area (Å²) >= 11 is 5.71. The summed E-state index contributed by atoms with van der Waals surface area (Å²) in [6, 6.07) is 1.32. The summed E-state index contributed by atoms with van der Waals surface area (Å²) in [5, 5.41) is -0.289. The maximum atomic E-state index is 13.2. The molecular formula is C19H23ClF2O4. The van der Waals surface area contributed by atoms with E-state index in [-0.39, 0.29) is 22.6 Å². The number of halogens is 3. The molecule has 0 unspecified atom stereocenters. The van der Waals surface area contributed by atoms with E-state index >= 15 is 0 Å². The van der Waals surface area contributed by atoms with Crippen molar-refractivity contribution < 1.29 is 27.8 Å². The van der Waals surface area contributed by atoms with E-state index in [4.69, 9.17) is 21.1 Å². The van der Waals surface area contributed by atoms with Gasteiger partial charge in [0.2, 0.25) is 0 Å². The first-order valence-corrected chi connectivity index (χ1v) is 9.08. The number of esters is 2. The Kier molecular flexibility index (Phi) is 6.98. The van der Waals surface area contributed by atoms with E-state index in [9.17, 15) is 18.4 Å². The van der Waals surface area contributed by atoms with Gasteiger partial charge in [-0.2, -0.15) is 0 Å². The zero-order valence-corrected chi connectivity index (χ0v) is 15.8. The Balaban J connectivity index is 1.93. The molecule has 26 heavy (non-hydrogen) atoms. The van der Waals surface area contributed by atoms with Crippen molar-refractivity contribution in [3.63, 3.8) is 0 Å². The van der Waals surface area contributed by atoms with E-state index in [1.54, 1.807) is 0 Å². The highest BCUT2D eigenvalue weighted by atomic mass is 35.5. The Morgan fingerprint density at radius 2 is 1.88 bits per heavy atom. The van der Waals surface area contributed by atoms with Crippen molar-refractivity contribution in [3.05, 3.63) is 34.4 Å². The highest BCUT2D eigenvalue weighted by Gasteiger charge is 2.33. The standard InChI is InChI=1S/C19H23ClF2O4/c1-10(2)12-5-4-11(3)6-17(12)26-18(23)9-25-19(24)13-7-15(21)16(22)8-14(13)20/h7-8,10-12,17H,4-6,9H2,1-3H3/t11-,12+,17-/m1/s1. The molecule has 7 heteroatoms. The first-order valence-electron chi connectivity index (χ1n) is 8.70. The van der Waals surface area contributed by atoms with Gasteiger partial charge in [-0.15, -0.1) is 0 Å². The van der Waals surface area contributed by atoms with Gasteiger partial charge >= 0.3 is 11.9 Å². The Labute approximate surface area is 156 Å². The number of ether oxygens (including phenoxy) is 2. The van der Waals surface area contributed by atoms with Crippen molar-refractivity contribution in [2.75, 3.05) is 6.61 Å². The molecule has 4 nitrogen and oxygen atoms in total. The van der Waals surface area contributed by atoms with E-state index < -0.39 is 30.2 Å². The number of carbonyl (C=O) groups excluding carboxylic acids is 2. The molecule has 0 aromatic heterocycles. The molecule has 1 saturated carbocycles. The summed E-state index contributed by atoms with van der Waals surface area (Å²) in [5.41, 5.74) is -0.343. The van der Waals surface area contributed by atoms with Gasteiger partial charge in [0.05, 0.1) is 10.6 Å². The quantitative estimate of drug-likeness (QED) is 0.538. The lowest BCUT2D eigenvalue weighted by Gasteiger charge is -2.36. The normalized spacial score (nSPS) is 23.0. The zero-order valence-electron chi connectivity index (χ0n) is 15.1. The molecule has 0 bridgehead atoms. The van der Waals surface area contributed by atoms with Crippen LogP contribution in [0.5, 0.6) is 0 Å². The van der Waals surface area contributed by atoms with Crippen molar-refractivity contribution >= 4 is 23.5 Å². The Hall–Kier alpha value is -1.69. The summed E-state index contributed by atoms with van der Waals surface area (Å²) in [7, 11) is 0. The minimum absolute atomic E-state index is 0.211. The molecule has 144 valence electrons. The first-order chi connectivity index (χ1) is 12.2. The summed E-state index contributed by atoms with van der Waals surface area (Å²) in [6.45, 7) is 5.69. The molecule has 1 aliphatic rings. The third kappa shape index (κ3) is 5.16. The van der Waals surface area contributed by atoms with E-state index in [0.29, 0.717) is 24.0 Å². The Bertz CT molecular complexity index is 678. The average molecular weight is 389 g/mol. The van der Waals surface area contributed by atoms with Crippen LogP contribution in [0.3, 0.4) is 0 Å². The van der Waals surface area contributed by atoms with Gasteiger partial charge in [0.15, 0.2) is 18.2 Å². The van der Waals surface area contributed by atoms with Crippen LogP contribution in [0.2, 0.25) is 5.02 Å². The molecule has 0 saturated heterocycles. The van der Waals surface area contributed by atoms with Gasteiger partial charge in [-0.1, -0.05) is 38.8 Å². The molecule has 0 amide bonds. The Morgan fingerprint density at radius 3 is 2.54 bits per heavy atom. The van der Waals surface area contributed by atoms with Crippen molar-refractivity contribution in [2.24, 2.45) is 17.8 Å². The fourth-order valence-electron chi connectivity index (χ4n) is 3.33. The van der Waals surface area contributed by atoms with Crippen LogP contribution in [-0.2, 0) is 14.3 Å². The summed E-state index contributed by atoms with van der Waals surface area (Å²) in [5.74, 6) is -2.95. The highest BCUT2D eigenvalue weighted by Crippen LogP contribution is 2.35. The second-order valence-electron chi connectivity index (χ2n) is 7.18. The fourth-order valence-corrected chi connectivity index (χ4v) is 3.56. The van der Waals surface area contributed by atoms with Gasteiger partial charge in [0.1, 0.15) is 6.10 Å². The lowest BCUT2D eigenvalue weighted by molar-refractivity contribution is -0.159. The van der Waals surface area contributed by atoms with Gasteiger partial charge in [-0.25, -0.2) is 18.4 Å². The molecule has 0 aliphatic heterocycles. The third-order valence-corrected chi connectivity index (χ3v) is 5.11. The molecule has 3 atom stereocenters. The van der Waals surface area contributed by atoms with E-state index in [1.807, 2.05) is 0 Å². The maximum absolute atomic E-state index is 13.2. The second-order valence-corrected chi connectivity index (χ2v) is 7.58. The van der Waals surface area contributed by atoms with Crippen LogP contribution in [0, 0.1) is 29.4 Å². The van der Waals surface area contributed by atoms with Crippen LogP contribution in [0.4, 0.5) is 8.78 Å². The van der Waals surface area contributed by atoms with Crippen LogP contribution in [-0.4, -0.2) is 24.6 Å². The summed E-state index contributed by atoms with van der Waals surface area (Å²) < 4.78 is 36.6. The second kappa shape index (κ2) is 8.80. The van der Waals surface area contributed by atoms with E-state index in [1.165, 1.54) is 0 Å². The molecule has 1 aliphatic carbocycles. The topological polar surface area (TPSA) is 52.6 Å². The molecular weight excluding hydrogens is 366 g/mol. The lowest BCUT2D eigenvalue weighted by Crippen LogP contribution is -2.36. The number of rotatable bonds is 5. The van der Waals surface area contributed by atoms with Crippen molar-refractivity contribution in [3.8, 4) is 0 Å². The molecule has 0 spiro atoms. The molecule has 1 aromatic rings. The monoisotopic (exact) mass is 388 g/mol. The predicted octanol–water partition coefficient (Wildman–Crippen LogP) is 4.78. The lowest BCUT2D eigenvalue weighted by atomic mass is 9.75. The van der Waals surface area contributed by atoms with Gasteiger partial charge < -0.3 is 9.47 Å². The van der Waals surface area contributed by atoms with Crippen molar-refractivity contribution in [1.29, 1.82) is 0 Å². The minimum atomic E-state index is -1.22. The number of carbonyl (C=O) groups is 2. The maximum Gasteiger partial charge on any atom is 0.344 e. The average Bonchev–Trinajstić information content (AvgIpc) is 2.55. The van der Waals surface area contributed by atoms with Gasteiger partial charge in [-0.05, 0) is 42.7 Å². The fraction of sp³-hybridized carbons (Fsp3) is 0.579.